The second-order valence-electron chi connectivity index (χ2n) is 5.51. The Morgan fingerprint density at radius 2 is 2.06 bits per heavy atom. The third kappa shape index (κ3) is 1.64. The highest BCUT2D eigenvalue weighted by molar-refractivity contribution is 5.88. The molecule has 94 valence electrons. The number of aliphatic hydroxyl groups excluding tert-OH is 1. The van der Waals surface area contributed by atoms with Gasteiger partial charge in [0.25, 0.3) is 0 Å². The Morgan fingerprint density at radius 3 is 2.78 bits per heavy atom. The third-order valence-electron chi connectivity index (χ3n) is 4.07. The molecule has 0 bridgehead atoms. The first-order valence-corrected chi connectivity index (χ1v) is 6.23. The van der Waals surface area contributed by atoms with Crippen LogP contribution < -0.4 is 5.32 Å². The van der Waals surface area contributed by atoms with Crippen LogP contribution in [0, 0.1) is 5.41 Å². The van der Waals surface area contributed by atoms with Crippen LogP contribution >= 0.6 is 0 Å². The van der Waals surface area contributed by atoms with E-state index in [1.54, 1.807) is 6.33 Å². The highest BCUT2D eigenvalue weighted by Gasteiger charge is 2.47. The first-order valence-electron chi connectivity index (χ1n) is 6.23. The van der Waals surface area contributed by atoms with Crippen LogP contribution in [0.15, 0.2) is 30.6 Å². The molecule has 2 aromatic rings. The Balaban J connectivity index is 1.92. The quantitative estimate of drug-likeness (QED) is 0.849. The van der Waals surface area contributed by atoms with Gasteiger partial charge in [-0.2, -0.15) is 0 Å². The molecule has 0 saturated heterocycles. The van der Waals surface area contributed by atoms with Crippen LogP contribution in [0.3, 0.4) is 0 Å². The van der Waals surface area contributed by atoms with Crippen molar-refractivity contribution in [3.8, 4) is 0 Å². The molecule has 1 aliphatic carbocycles. The molecular formula is C14H17N3O. The van der Waals surface area contributed by atoms with E-state index in [1.807, 2.05) is 24.3 Å². The lowest BCUT2D eigenvalue weighted by atomic mass is 9.64. The van der Waals surface area contributed by atoms with E-state index in [-0.39, 0.29) is 17.6 Å². The maximum absolute atomic E-state index is 9.76. The van der Waals surface area contributed by atoms with Crippen molar-refractivity contribution in [3.63, 3.8) is 0 Å². The summed E-state index contributed by atoms with van der Waals surface area (Å²) < 4.78 is 0. The normalized spacial score (nSPS) is 25.7. The average molecular weight is 243 g/mol. The largest absolute Gasteiger partial charge is 0.392 e. The van der Waals surface area contributed by atoms with E-state index in [0.717, 1.165) is 23.1 Å². The summed E-state index contributed by atoms with van der Waals surface area (Å²) >= 11 is 0. The number of hydrogen-bond acceptors (Lipinski definition) is 4. The van der Waals surface area contributed by atoms with E-state index in [0.29, 0.717) is 0 Å². The lowest BCUT2D eigenvalue weighted by Crippen LogP contribution is -2.57. The fourth-order valence-electron chi connectivity index (χ4n) is 2.43. The molecule has 1 saturated carbocycles. The summed E-state index contributed by atoms with van der Waals surface area (Å²) in [7, 11) is 0. The first-order chi connectivity index (χ1) is 8.59. The lowest BCUT2D eigenvalue weighted by Gasteiger charge is -2.49. The molecule has 1 aromatic heterocycles. The molecule has 2 N–H and O–H groups in total. The zero-order valence-electron chi connectivity index (χ0n) is 10.6. The lowest BCUT2D eigenvalue weighted by molar-refractivity contribution is -0.0511. The van der Waals surface area contributed by atoms with Gasteiger partial charge in [0.05, 0.1) is 11.6 Å². The minimum atomic E-state index is -0.233. The molecule has 0 spiro atoms. The Hall–Kier alpha value is -1.68. The monoisotopic (exact) mass is 243 g/mol. The number of nitrogens with zero attached hydrogens (tertiary/aromatic N) is 2. The van der Waals surface area contributed by atoms with Crippen molar-refractivity contribution in [2.24, 2.45) is 5.41 Å². The predicted molar refractivity (Wildman–Crippen MR) is 71.4 cm³/mol. The number of nitrogens with one attached hydrogen (secondary N) is 1. The summed E-state index contributed by atoms with van der Waals surface area (Å²) in [5.41, 5.74) is 0.833. The van der Waals surface area contributed by atoms with Gasteiger partial charge in [0.2, 0.25) is 0 Å². The van der Waals surface area contributed by atoms with Gasteiger partial charge in [0, 0.05) is 16.8 Å². The number of aliphatic hydroxyl groups is 1. The van der Waals surface area contributed by atoms with Crippen molar-refractivity contribution in [2.45, 2.75) is 32.4 Å². The zero-order chi connectivity index (χ0) is 12.8. The summed E-state index contributed by atoms with van der Waals surface area (Å²) in [4.78, 5) is 8.56. The summed E-state index contributed by atoms with van der Waals surface area (Å²) in [5.74, 6) is 0.852. The van der Waals surface area contributed by atoms with Gasteiger partial charge in [-0.3, -0.25) is 0 Å². The SMILES string of the molecule is CC1(C)C(O)CC1Nc1ncnc2ccccc12. The molecule has 0 radical (unpaired) electrons. The molecule has 1 aromatic carbocycles. The van der Waals surface area contributed by atoms with Gasteiger partial charge in [0.1, 0.15) is 12.1 Å². The second-order valence-corrected chi connectivity index (χ2v) is 5.51. The van der Waals surface area contributed by atoms with Crippen molar-refractivity contribution in [1.82, 2.24) is 9.97 Å². The Morgan fingerprint density at radius 1 is 1.28 bits per heavy atom. The van der Waals surface area contributed by atoms with Crippen LogP contribution in [-0.4, -0.2) is 27.2 Å². The van der Waals surface area contributed by atoms with Crippen LogP contribution in [0.1, 0.15) is 20.3 Å². The van der Waals surface area contributed by atoms with E-state index in [9.17, 15) is 5.11 Å². The van der Waals surface area contributed by atoms with E-state index in [4.69, 9.17) is 0 Å². The average Bonchev–Trinajstić information content (AvgIpc) is 2.39. The maximum Gasteiger partial charge on any atom is 0.137 e. The highest BCUT2D eigenvalue weighted by atomic mass is 16.3. The second kappa shape index (κ2) is 3.92. The molecule has 2 unspecified atom stereocenters. The van der Waals surface area contributed by atoms with Gasteiger partial charge in [-0.15, -0.1) is 0 Å². The molecule has 1 aliphatic rings. The molecule has 1 heterocycles. The van der Waals surface area contributed by atoms with Gasteiger partial charge >= 0.3 is 0 Å². The van der Waals surface area contributed by atoms with E-state index < -0.39 is 0 Å². The smallest absolute Gasteiger partial charge is 0.137 e. The third-order valence-corrected chi connectivity index (χ3v) is 4.07. The maximum atomic E-state index is 9.76. The number of rotatable bonds is 2. The van der Waals surface area contributed by atoms with Crippen molar-refractivity contribution in [3.05, 3.63) is 30.6 Å². The van der Waals surface area contributed by atoms with Crippen molar-refractivity contribution >= 4 is 16.7 Å². The summed E-state index contributed by atoms with van der Waals surface area (Å²) in [6, 6.07) is 8.20. The van der Waals surface area contributed by atoms with Crippen molar-refractivity contribution in [2.75, 3.05) is 5.32 Å². The number of anilines is 1. The predicted octanol–water partition coefficient (Wildman–Crippen LogP) is 2.20. The molecule has 0 aliphatic heterocycles. The van der Waals surface area contributed by atoms with Crippen LogP contribution in [-0.2, 0) is 0 Å². The fourth-order valence-corrected chi connectivity index (χ4v) is 2.43. The molecule has 0 amide bonds. The van der Waals surface area contributed by atoms with Gasteiger partial charge in [0.15, 0.2) is 0 Å². The molecule has 1 fully saturated rings. The number of hydrogen-bond donors (Lipinski definition) is 2. The van der Waals surface area contributed by atoms with Crippen molar-refractivity contribution in [1.29, 1.82) is 0 Å². The molecule has 3 rings (SSSR count). The minimum Gasteiger partial charge on any atom is -0.392 e. The van der Waals surface area contributed by atoms with E-state index in [2.05, 4.69) is 29.1 Å². The molecule has 4 nitrogen and oxygen atoms in total. The summed E-state index contributed by atoms with van der Waals surface area (Å²) in [6.45, 7) is 4.14. The number of para-hydroxylation sites is 1. The fraction of sp³-hybridized carbons (Fsp3) is 0.429. The Labute approximate surface area is 106 Å². The van der Waals surface area contributed by atoms with Crippen molar-refractivity contribution < 1.29 is 5.11 Å². The summed E-state index contributed by atoms with van der Waals surface area (Å²) in [6.07, 6.45) is 2.11. The standard InChI is InChI=1S/C14H17N3O/c1-14(2)11(7-12(14)18)17-13-9-5-3-4-6-10(9)15-8-16-13/h3-6,8,11-12,18H,7H2,1-2H3,(H,15,16,17). The van der Waals surface area contributed by atoms with Crippen LogP contribution in [0.5, 0.6) is 0 Å². The van der Waals surface area contributed by atoms with E-state index in [1.165, 1.54) is 0 Å². The van der Waals surface area contributed by atoms with Gasteiger partial charge < -0.3 is 10.4 Å². The van der Waals surface area contributed by atoms with Crippen LogP contribution in [0.25, 0.3) is 10.9 Å². The Bertz CT molecular complexity index is 577. The first kappa shape index (κ1) is 11.4. The van der Waals surface area contributed by atoms with Crippen LogP contribution in [0.4, 0.5) is 5.82 Å². The highest BCUT2D eigenvalue weighted by Crippen LogP contribution is 2.42. The zero-order valence-corrected chi connectivity index (χ0v) is 10.6. The molecule has 4 heteroatoms. The number of aromatic nitrogens is 2. The number of fused-ring (bicyclic) bond motifs is 1. The molecule has 2 atom stereocenters. The minimum absolute atomic E-state index is 0.105. The topological polar surface area (TPSA) is 58.0 Å². The van der Waals surface area contributed by atoms with Crippen LogP contribution in [0.2, 0.25) is 0 Å². The van der Waals surface area contributed by atoms with E-state index >= 15 is 0 Å². The number of benzene rings is 1. The summed E-state index contributed by atoms with van der Waals surface area (Å²) in [5, 5.41) is 14.2. The van der Waals surface area contributed by atoms with Gasteiger partial charge in [-0.1, -0.05) is 26.0 Å². The molecule has 18 heavy (non-hydrogen) atoms. The van der Waals surface area contributed by atoms with Gasteiger partial charge in [-0.05, 0) is 18.6 Å². The van der Waals surface area contributed by atoms with Gasteiger partial charge in [-0.25, -0.2) is 9.97 Å². The Kier molecular flexibility index (Phi) is 2.48. The molecular weight excluding hydrogens is 226 g/mol.